The van der Waals surface area contributed by atoms with Crippen molar-refractivity contribution in [1.82, 2.24) is 14.7 Å². The van der Waals surface area contributed by atoms with Crippen LogP contribution in [0.4, 0.5) is 0 Å². The van der Waals surface area contributed by atoms with Gasteiger partial charge >= 0.3 is 0 Å². The Bertz CT molecular complexity index is 390. The molecule has 0 aliphatic heterocycles. The first kappa shape index (κ1) is 15.7. The van der Waals surface area contributed by atoms with E-state index >= 15 is 0 Å². The molecule has 1 aromatic rings. The molecule has 1 heterocycles. The van der Waals surface area contributed by atoms with E-state index in [0.29, 0.717) is 5.41 Å². The second kappa shape index (κ2) is 6.20. The van der Waals surface area contributed by atoms with Gasteiger partial charge in [0.05, 0.1) is 15.9 Å². The summed E-state index contributed by atoms with van der Waals surface area (Å²) in [6.45, 7) is 14.1. The summed E-state index contributed by atoms with van der Waals surface area (Å²) in [6, 6.07) is 0. The average Bonchev–Trinajstić information content (AvgIpc) is 2.53. The Labute approximate surface area is 120 Å². The highest BCUT2D eigenvalue weighted by Crippen LogP contribution is 2.24. The number of nitrogens with zero attached hydrogens (tertiary/aromatic N) is 3. The molecule has 18 heavy (non-hydrogen) atoms. The van der Waals surface area contributed by atoms with Crippen LogP contribution in [0.1, 0.15) is 46.0 Å². The normalized spacial score (nSPS) is 12.4. The van der Waals surface area contributed by atoms with Crippen LogP contribution in [0.2, 0.25) is 0 Å². The van der Waals surface area contributed by atoms with E-state index in [9.17, 15) is 0 Å². The molecule has 104 valence electrons. The number of rotatable bonds is 5. The molecule has 0 saturated carbocycles. The highest BCUT2D eigenvalue weighted by molar-refractivity contribution is 9.10. The fourth-order valence-electron chi connectivity index (χ4n) is 2.29. The molecule has 1 rings (SSSR count). The van der Waals surface area contributed by atoms with Gasteiger partial charge in [0.25, 0.3) is 0 Å². The highest BCUT2D eigenvalue weighted by Gasteiger charge is 2.18. The van der Waals surface area contributed by atoms with Gasteiger partial charge in [-0.05, 0) is 41.7 Å². The molecule has 0 radical (unpaired) electrons. The third-order valence-electron chi connectivity index (χ3n) is 2.86. The van der Waals surface area contributed by atoms with Crippen LogP contribution in [-0.2, 0) is 19.5 Å². The van der Waals surface area contributed by atoms with Crippen molar-refractivity contribution < 1.29 is 0 Å². The van der Waals surface area contributed by atoms with Crippen molar-refractivity contribution in [3.05, 3.63) is 15.9 Å². The summed E-state index contributed by atoms with van der Waals surface area (Å²) in [6.07, 6.45) is 0.976. The molecule has 0 aliphatic carbocycles. The molecule has 0 atom stereocenters. The monoisotopic (exact) mass is 315 g/mol. The molecule has 0 fully saturated rings. The fraction of sp³-hybridized carbons (Fsp3) is 0.786. The predicted molar refractivity (Wildman–Crippen MR) is 80.8 cm³/mol. The van der Waals surface area contributed by atoms with E-state index in [4.69, 9.17) is 0 Å². The Kier molecular flexibility index (Phi) is 5.41. The van der Waals surface area contributed by atoms with Gasteiger partial charge in [0.15, 0.2) is 0 Å². The minimum Gasteiger partial charge on any atom is -0.300 e. The zero-order chi connectivity index (χ0) is 13.9. The molecular weight excluding hydrogens is 290 g/mol. The topological polar surface area (TPSA) is 21.1 Å². The lowest BCUT2D eigenvalue weighted by Crippen LogP contribution is -2.29. The maximum atomic E-state index is 4.64. The number of halogens is 1. The lowest BCUT2D eigenvalue weighted by Gasteiger charge is -2.26. The van der Waals surface area contributed by atoms with Crippen molar-refractivity contribution in [1.29, 1.82) is 0 Å². The largest absolute Gasteiger partial charge is 0.300 e. The SMILES string of the molecule is CCc1nn(CC)c(CN(C)CC(C)(C)C)c1Br. The van der Waals surface area contributed by atoms with Crippen LogP contribution >= 0.6 is 15.9 Å². The van der Waals surface area contributed by atoms with E-state index < -0.39 is 0 Å². The first-order valence-electron chi connectivity index (χ1n) is 6.71. The highest BCUT2D eigenvalue weighted by atomic mass is 79.9. The molecule has 0 saturated heterocycles. The summed E-state index contributed by atoms with van der Waals surface area (Å²) >= 11 is 3.70. The summed E-state index contributed by atoms with van der Waals surface area (Å²) in [5.41, 5.74) is 2.78. The van der Waals surface area contributed by atoms with Gasteiger partial charge in [-0.25, -0.2) is 0 Å². The van der Waals surface area contributed by atoms with Crippen molar-refractivity contribution >= 4 is 15.9 Å². The molecule has 3 nitrogen and oxygen atoms in total. The number of aromatic nitrogens is 2. The van der Waals surface area contributed by atoms with Crippen LogP contribution in [0.3, 0.4) is 0 Å². The maximum Gasteiger partial charge on any atom is 0.0767 e. The summed E-state index contributed by atoms with van der Waals surface area (Å²) in [7, 11) is 2.18. The molecule has 0 spiro atoms. The summed E-state index contributed by atoms with van der Waals surface area (Å²) in [4.78, 5) is 2.37. The minimum atomic E-state index is 0.325. The standard InChI is InChI=1S/C14H26BrN3/c1-7-11-13(15)12(18(8-2)16-11)9-17(6)10-14(3,4)5/h7-10H2,1-6H3. The van der Waals surface area contributed by atoms with Crippen LogP contribution < -0.4 is 0 Å². The lowest BCUT2D eigenvalue weighted by atomic mass is 9.96. The van der Waals surface area contributed by atoms with E-state index in [2.05, 4.69) is 72.3 Å². The zero-order valence-electron chi connectivity index (χ0n) is 12.5. The van der Waals surface area contributed by atoms with Crippen molar-refractivity contribution in [2.24, 2.45) is 5.41 Å². The Hall–Kier alpha value is -0.350. The van der Waals surface area contributed by atoms with E-state index in [1.54, 1.807) is 0 Å². The second-order valence-corrected chi connectivity index (χ2v) is 6.90. The van der Waals surface area contributed by atoms with Gasteiger partial charge in [0.2, 0.25) is 0 Å². The average molecular weight is 316 g/mol. The Morgan fingerprint density at radius 3 is 2.33 bits per heavy atom. The molecule has 1 aromatic heterocycles. The molecule has 0 N–H and O–H groups in total. The van der Waals surface area contributed by atoms with Crippen molar-refractivity contribution in [3.8, 4) is 0 Å². The van der Waals surface area contributed by atoms with E-state index in [1.165, 1.54) is 10.2 Å². The van der Waals surface area contributed by atoms with E-state index in [0.717, 1.165) is 31.7 Å². The Morgan fingerprint density at radius 2 is 1.89 bits per heavy atom. The summed E-state index contributed by atoms with van der Waals surface area (Å²) < 4.78 is 3.30. The van der Waals surface area contributed by atoms with Gasteiger partial charge in [-0.3, -0.25) is 9.58 Å². The number of hydrogen-bond donors (Lipinski definition) is 0. The van der Waals surface area contributed by atoms with E-state index in [1.807, 2.05) is 0 Å². The van der Waals surface area contributed by atoms with Crippen LogP contribution in [0.15, 0.2) is 4.47 Å². The van der Waals surface area contributed by atoms with Crippen LogP contribution in [0.25, 0.3) is 0 Å². The van der Waals surface area contributed by atoms with E-state index in [-0.39, 0.29) is 0 Å². The Morgan fingerprint density at radius 1 is 1.28 bits per heavy atom. The van der Waals surface area contributed by atoms with Gasteiger partial charge in [-0.1, -0.05) is 27.7 Å². The van der Waals surface area contributed by atoms with Crippen LogP contribution in [0, 0.1) is 5.41 Å². The summed E-state index contributed by atoms with van der Waals surface area (Å²) in [5, 5.41) is 4.64. The minimum absolute atomic E-state index is 0.325. The third kappa shape index (κ3) is 4.09. The van der Waals surface area contributed by atoms with Crippen molar-refractivity contribution in [2.75, 3.05) is 13.6 Å². The zero-order valence-corrected chi connectivity index (χ0v) is 14.1. The molecule has 0 aromatic carbocycles. The number of hydrogen-bond acceptors (Lipinski definition) is 2. The molecule has 0 unspecified atom stereocenters. The first-order chi connectivity index (χ1) is 8.28. The quantitative estimate of drug-likeness (QED) is 0.826. The van der Waals surface area contributed by atoms with Gasteiger partial charge in [0.1, 0.15) is 0 Å². The lowest BCUT2D eigenvalue weighted by molar-refractivity contribution is 0.215. The molecule has 0 aliphatic rings. The fourth-order valence-corrected chi connectivity index (χ4v) is 2.98. The molecule has 0 bridgehead atoms. The molecule has 4 heteroatoms. The Balaban J connectivity index is 2.86. The number of aryl methyl sites for hydroxylation is 2. The smallest absolute Gasteiger partial charge is 0.0767 e. The molecule has 0 amide bonds. The van der Waals surface area contributed by atoms with Crippen molar-refractivity contribution in [3.63, 3.8) is 0 Å². The van der Waals surface area contributed by atoms with Crippen LogP contribution in [-0.4, -0.2) is 28.3 Å². The van der Waals surface area contributed by atoms with Gasteiger partial charge in [-0.15, -0.1) is 0 Å². The second-order valence-electron chi connectivity index (χ2n) is 6.11. The van der Waals surface area contributed by atoms with Crippen molar-refractivity contribution in [2.45, 2.75) is 54.1 Å². The molecular formula is C14H26BrN3. The predicted octanol–water partition coefficient (Wildman–Crippen LogP) is 3.71. The van der Waals surface area contributed by atoms with Gasteiger partial charge in [0, 0.05) is 19.6 Å². The van der Waals surface area contributed by atoms with Gasteiger partial charge in [-0.2, -0.15) is 5.10 Å². The third-order valence-corrected chi connectivity index (χ3v) is 3.77. The van der Waals surface area contributed by atoms with Crippen LogP contribution in [0.5, 0.6) is 0 Å². The van der Waals surface area contributed by atoms with Gasteiger partial charge < -0.3 is 0 Å². The first-order valence-corrected chi connectivity index (χ1v) is 7.50. The summed E-state index contributed by atoms with van der Waals surface area (Å²) in [5.74, 6) is 0. The maximum absolute atomic E-state index is 4.64.